The molecule has 0 bridgehead atoms. The van der Waals surface area contributed by atoms with Gasteiger partial charge in [-0.3, -0.25) is 76.5 Å². The standard InChI is InChI=1S/C78H104N18O20S/c1-42(2)63(90-69(103)50(79)41-117(113,114)115)72(106)84-45(7)68(102)85-49-28-26-46(27-29-49)40-116-58-33-48-21-13-15-23-52(48)87-65(58)74(108)89-54-35-81-76(110)67(44(5)6)94(11)62(101)39-92(9)59(98)36-82-70(104)55-24-16-18-30-95(55)77(111)53(88-73(107)64-57(97)32-47-20-12-14-22-51(47)86-64)34-80-75(109)66(43(3)4)93(10)61(100)38-91(8)60(99)37-83-71(105)56-25-17-19-31-96(56)78(54)112/h12-15,20-23,26-29,32-33,42-45,50,53-56,63,66-67,97H,16-19,24-25,30-31,34-41,79H2,1-11H3,(H,80,109)(H,81,110)(H,82,104)(H,83,105)(H,84,106)(H,85,102)(H,88,107)(H,89,108)(H,90,103)(H,113,114,115)/t45-,50-,53-,54+,55-,56-,63-,66-,67-/m0/s1. The van der Waals surface area contributed by atoms with Gasteiger partial charge in [-0.15, -0.1) is 0 Å². The van der Waals surface area contributed by atoms with E-state index in [0.29, 0.717) is 53.1 Å². The number of hydrogen-bond acceptors (Lipinski definition) is 22. The molecule has 8 rings (SSSR count). The highest BCUT2D eigenvalue weighted by atomic mass is 32.2. The molecule has 0 spiro atoms. The second-order valence-electron chi connectivity index (χ2n) is 30.3. The molecule has 13 N–H and O–H groups in total. The largest absolute Gasteiger partial charge is 0.505 e. The molecule has 0 radical (unpaired) electrons. The van der Waals surface area contributed by atoms with Gasteiger partial charge in [0.15, 0.2) is 17.1 Å². The zero-order valence-corrected chi connectivity index (χ0v) is 67.9. The Hall–Kier alpha value is -12.0. The molecule has 3 aromatic carbocycles. The van der Waals surface area contributed by atoms with Crippen molar-refractivity contribution in [1.29, 1.82) is 0 Å². The Morgan fingerprint density at radius 3 is 1.48 bits per heavy atom. The fraction of sp³-hybridized carbons (Fsp3) is 0.500. The van der Waals surface area contributed by atoms with Crippen LogP contribution in [0.2, 0.25) is 0 Å². The smallest absolute Gasteiger partial charge is 0.274 e. The minimum Gasteiger partial charge on any atom is -0.505 e. The number of aromatic nitrogens is 2. The average Bonchev–Trinajstić information content (AvgIpc) is 0.800. The Bertz CT molecular complexity index is 4700. The Kier molecular flexibility index (Phi) is 31.4. The molecule has 38 nitrogen and oxygen atoms in total. The highest BCUT2D eigenvalue weighted by Crippen LogP contribution is 2.28. The van der Waals surface area contributed by atoms with Crippen LogP contribution in [0.5, 0.6) is 11.5 Å². The first-order valence-corrected chi connectivity index (χ1v) is 40.0. The number of nitrogens with two attached hydrogens (primary N) is 1. The zero-order valence-electron chi connectivity index (χ0n) is 67.1. The second kappa shape index (κ2) is 40.5. The Morgan fingerprint density at radius 2 is 1.02 bits per heavy atom. The predicted molar refractivity (Wildman–Crippen MR) is 425 cm³/mol. The maximum Gasteiger partial charge on any atom is 0.274 e. The molecule has 117 heavy (non-hydrogen) atoms. The number of rotatable bonds is 18. The minimum atomic E-state index is -4.63. The van der Waals surface area contributed by atoms with Gasteiger partial charge in [0.05, 0.1) is 43.0 Å². The van der Waals surface area contributed by atoms with E-state index in [4.69, 9.17) is 15.0 Å². The van der Waals surface area contributed by atoms with Crippen LogP contribution in [-0.4, -0.2) is 287 Å². The third kappa shape index (κ3) is 24.1. The lowest BCUT2D eigenvalue weighted by Gasteiger charge is -2.37. The summed E-state index contributed by atoms with van der Waals surface area (Å²) in [7, 11) is 0.590. The van der Waals surface area contributed by atoms with Crippen LogP contribution in [-0.2, 0) is 79.1 Å². The van der Waals surface area contributed by atoms with E-state index in [-0.39, 0.29) is 49.7 Å². The van der Waals surface area contributed by atoms with Crippen molar-refractivity contribution >= 4 is 126 Å². The molecule has 3 aliphatic heterocycles. The summed E-state index contributed by atoms with van der Waals surface area (Å²) in [6, 6.07) is 9.87. The number of nitrogens with zero attached hydrogens (tertiary/aromatic N) is 8. The van der Waals surface area contributed by atoms with Crippen molar-refractivity contribution in [2.45, 2.75) is 148 Å². The maximum atomic E-state index is 15.4. The van der Waals surface area contributed by atoms with Gasteiger partial charge in [0.25, 0.3) is 21.9 Å². The molecular weight excluding hydrogens is 1540 g/mol. The molecule has 3 aliphatic rings. The number of nitrogens with one attached hydrogen (secondary N) is 9. The number of ether oxygens (including phenoxy) is 1. The maximum absolute atomic E-state index is 15.4. The van der Waals surface area contributed by atoms with Crippen LogP contribution in [0.25, 0.3) is 21.8 Å². The summed E-state index contributed by atoms with van der Waals surface area (Å²) in [4.78, 5) is 229. The van der Waals surface area contributed by atoms with Gasteiger partial charge in [0, 0.05) is 70.8 Å². The third-order valence-electron chi connectivity index (χ3n) is 20.4. The number of piperidine rings is 2. The summed E-state index contributed by atoms with van der Waals surface area (Å²) in [5.41, 5.74) is 6.26. The number of likely N-dealkylation sites (N-methyl/N-ethyl adjacent to an activating group) is 4. The van der Waals surface area contributed by atoms with E-state index in [1.54, 1.807) is 108 Å². The van der Waals surface area contributed by atoms with Gasteiger partial charge in [-0.05, 0) is 105 Å². The van der Waals surface area contributed by atoms with E-state index >= 15 is 9.59 Å². The van der Waals surface area contributed by atoms with Crippen LogP contribution < -0.4 is 58.3 Å². The number of hydrogen-bond donors (Lipinski definition) is 12. The van der Waals surface area contributed by atoms with E-state index in [9.17, 15) is 75.9 Å². The monoisotopic (exact) mass is 1640 g/mol. The lowest BCUT2D eigenvalue weighted by Crippen LogP contribution is -2.61. The lowest BCUT2D eigenvalue weighted by molar-refractivity contribution is -0.146. The van der Waals surface area contributed by atoms with Crippen molar-refractivity contribution in [2.75, 3.05) is 91.6 Å². The molecule has 632 valence electrons. The SMILES string of the molecule is CC(C)[C@H](NC(=O)[C@@H](N)CS(=O)(=O)O)C(=O)N[C@@H](C)C(=O)Nc1ccc(COc2cc3ccccc3nc2C(=O)N[C@@H]2CNC(=O)[C@H](C(C)C)N(C)C(=O)CN(C)C(=O)CNC(=O)[C@@H]3CCCCN3C(=O)[C@@H](NC(=O)c3nc4ccccc4cc3O)CNC(=O)[C@H](C(C)C)N(C)C(=O)CN(C)C(=O)CNC(=O)[C@@H]3CCCCN3C2=O)cc1. The summed E-state index contributed by atoms with van der Waals surface area (Å²) >= 11 is 0. The zero-order chi connectivity index (χ0) is 86.0. The Morgan fingerprint density at radius 1 is 0.564 bits per heavy atom. The summed E-state index contributed by atoms with van der Waals surface area (Å²) in [5, 5.41) is 35.4. The molecule has 15 amide bonds. The highest BCUT2D eigenvalue weighted by molar-refractivity contribution is 7.85. The minimum absolute atomic E-state index is 0.0219. The average molecular weight is 1650 g/mol. The van der Waals surface area contributed by atoms with Crippen LogP contribution in [0, 0.1) is 17.8 Å². The van der Waals surface area contributed by atoms with E-state index in [2.05, 4.69) is 57.8 Å². The second-order valence-corrected chi connectivity index (χ2v) is 31.8. The quantitative estimate of drug-likeness (QED) is 0.0463. The highest BCUT2D eigenvalue weighted by Gasteiger charge is 2.42. The number of benzene rings is 3. The molecular formula is C78H104N18O20S. The first-order chi connectivity index (χ1) is 55.2. The fourth-order valence-electron chi connectivity index (χ4n) is 13.8. The van der Waals surface area contributed by atoms with Crippen molar-refractivity contribution in [3.8, 4) is 11.5 Å². The predicted octanol–water partition coefficient (Wildman–Crippen LogP) is -1.11. The molecule has 0 aliphatic carbocycles. The van der Waals surface area contributed by atoms with Crippen LogP contribution in [0.15, 0.2) is 84.9 Å². The van der Waals surface area contributed by atoms with Gasteiger partial charge in [-0.1, -0.05) is 90.1 Å². The molecule has 9 atom stereocenters. The number of aromatic hydroxyl groups is 1. The van der Waals surface area contributed by atoms with Crippen molar-refractivity contribution < 1.29 is 94.7 Å². The van der Waals surface area contributed by atoms with Crippen LogP contribution in [0.3, 0.4) is 0 Å². The molecule has 0 saturated carbocycles. The van der Waals surface area contributed by atoms with E-state index < -0.39 is 227 Å². The van der Waals surface area contributed by atoms with Crippen LogP contribution in [0.4, 0.5) is 5.69 Å². The van der Waals surface area contributed by atoms with Gasteiger partial charge in [0.2, 0.25) is 76.8 Å². The number of amides is 15. The molecule has 2 aromatic heterocycles. The first-order valence-electron chi connectivity index (χ1n) is 38.4. The molecule has 39 heteroatoms. The van der Waals surface area contributed by atoms with Gasteiger partial charge in [-0.2, -0.15) is 8.42 Å². The van der Waals surface area contributed by atoms with Crippen LogP contribution in [0.1, 0.15) is 114 Å². The van der Waals surface area contributed by atoms with Gasteiger partial charge in [-0.25, -0.2) is 9.97 Å². The van der Waals surface area contributed by atoms with E-state index in [0.717, 1.165) is 19.6 Å². The topological polar surface area (TPSA) is 519 Å². The van der Waals surface area contributed by atoms with Crippen molar-refractivity contribution in [3.05, 3.63) is 102 Å². The molecule has 0 unspecified atom stereocenters. The molecule has 3 fully saturated rings. The summed E-state index contributed by atoms with van der Waals surface area (Å²) in [6.07, 6.45) is 1.79. The summed E-state index contributed by atoms with van der Waals surface area (Å²) < 4.78 is 38.1. The lowest BCUT2D eigenvalue weighted by atomic mass is 9.99. The number of anilines is 1. The van der Waals surface area contributed by atoms with Gasteiger partial charge >= 0.3 is 0 Å². The Balaban J connectivity index is 1.03. The normalized spacial score (nSPS) is 21.0. The van der Waals surface area contributed by atoms with Gasteiger partial charge < -0.3 is 92.8 Å². The number of carbonyl (C=O) groups excluding carboxylic acids is 15. The molecule has 3 saturated heterocycles. The van der Waals surface area contributed by atoms with Crippen molar-refractivity contribution in [1.82, 2.24) is 81.9 Å². The molecule has 5 aromatic rings. The third-order valence-corrected chi connectivity index (χ3v) is 21.1. The van der Waals surface area contributed by atoms with Gasteiger partial charge in [0.1, 0.15) is 66.7 Å². The summed E-state index contributed by atoms with van der Waals surface area (Å²) in [5.74, 6) is -16.0. The number of pyridine rings is 2. The fourth-order valence-corrected chi connectivity index (χ4v) is 14.4. The molecule has 5 heterocycles. The first kappa shape index (κ1) is 90.5. The summed E-state index contributed by atoms with van der Waals surface area (Å²) in [6.45, 7) is 6.90. The van der Waals surface area contributed by atoms with E-state index in [1.807, 2.05) is 0 Å². The number of fused-ring (bicyclic) bond motifs is 4. The number of carbonyl (C=O) groups is 15. The van der Waals surface area contributed by atoms with Crippen molar-refractivity contribution in [3.63, 3.8) is 0 Å². The van der Waals surface area contributed by atoms with Crippen molar-refractivity contribution in [2.24, 2.45) is 23.5 Å². The Labute approximate surface area is 676 Å². The van der Waals surface area contributed by atoms with E-state index in [1.165, 1.54) is 63.1 Å². The number of para-hydroxylation sites is 2. The van der Waals surface area contributed by atoms with Crippen LogP contribution >= 0.6 is 0 Å².